The van der Waals surface area contributed by atoms with E-state index in [-0.39, 0.29) is 16.5 Å². The Kier molecular flexibility index (Phi) is 5.20. The molecule has 2 aromatic carbocycles. The van der Waals surface area contributed by atoms with Gasteiger partial charge < -0.3 is 0 Å². The largest absolute Gasteiger partial charge is 0.265 e. The number of rotatable bonds is 4. The van der Waals surface area contributed by atoms with Crippen LogP contribution in [0.15, 0.2) is 51.8 Å². The first-order valence-corrected chi connectivity index (χ1v) is 9.09. The van der Waals surface area contributed by atoms with Gasteiger partial charge in [0, 0.05) is 11.0 Å². The maximum absolute atomic E-state index is 12.7. The lowest BCUT2D eigenvalue weighted by Gasteiger charge is -2.24. The lowest BCUT2D eigenvalue weighted by molar-refractivity contribution is 0.592. The van der Waals surface area contributed by atoms with E-state index in [1.807, 2.05) is 0 Å². The predicted octanol–water partition coefficient (Wildman–Crippen LogP) is 4.97. The van der Waals surface area contributed by atoms with Crippen LogP contribution in [-0.4, -0.2) is 15.0 Å². The molecule has 2 aromatic rings. The van der Waals surface area contributed by atoms with Gasteiger partial charge in [-0.1, -0.05) is 45.2 Å². The maximum atomic E-state index is 12.7. The Balaban J connectivity index is 2.54. The maximum Gasteiger partial charge on any atom is 0.264 e. The molecule has 0 aliphatic carbocycles. The summed E-state index contributed by atoms with van der Waals surface area (Å²) in [5.41, 5.74) is 0.370. The summed E-state index contributed by atoms with van der Waals surface area (Å²) in [6.45, 7) is 1.99. The summed E-state index contributed by atoms with van der Waals surface area (Å²) in [4.78, 5) is 0.198. The molecule has 0 atom stereocenters. The van der Waals surface area contributed by atoms with Crippen LogP contribution in [0.1, 0.15) is 6.92 Å². The molecule has 0 N–H and O–H groups in total. The standard InChI is InChI=1S/C14H12BrCl2NO2S/c1-2-18(13-5-3-4-12(16)14(13)17)21(19,20)11-8-6-10(15)7-9-11/h3-9H,2H2,1H3. The second kappa shape index (κ2) is 6.57. The first kappa shape index (κ1) is 16.6. The van der Waals surface area contributed by atoms with Crippen molar-refractivity contribution in [1.82, 2.24) is 0 Å². The highest BCUT2D eigenvalue weighted by Crippen LogP contribution is 2.35. The third kappa shape index (κ3) is 3.37. The van der Waals surface area contributed by atoms with Gasteiger partial charge in [0.2, 0.25) is 0 Å². The number of anilines is 1. The summed E-state index contributed by atoms with van der Waals surface area (Å²) >= 11 is 15.4. The Bertz CT molecular complexity index is 748. The smallest absolute Gasteiger partial charge is 0.264 e. The molecule has 0 radical (unpaired) electrons. The van der Waals surface area contributed by atoms with Crippen molar-refractivity contribution in [2.45, 2.75) is 11.8 Å². The summed E-state index contributed by atoms with van der Waals surface area (Å²) in [6, 6.07) is 11.4. The first-order chi connectivity index (χ1) is 9.87. The molecule has 0 aliphatic rings. The molecule has 0 saturated heterocycles. The minimum Gasteiger partial charge on any atom is -0.265 e. The SMILES string of the molecule is CCN(c1cccc(Cl)c1Cl)S(=O)(=O)c1ccc(Br)cc1. The molecule has 7 heteroatoms. The third-order valence-electron chi connectivity index (χ3n) is 2.89. The molecule has 0 aliphatic heterocycles. The third-order valence-corrected chi connectivity index (χ3v) is 6.13. The Morgan fingerprint density at radius 1 is 1.10 bits per heavy atom. The number of benzene rings is 2. The monoisotopic (exact) mass is 407 g/mol. The van der Waals surface area contributed by atoms with Crippen molar-refractivity contribution in [3.05, 3.63) is 57.0 Å². The van der Waals surface area contributed by atoms with Crippen molar-refractivity contribution in [2.24, 2.45) is 0 Å². The van der Waals surface area contributed by atoms with Gasteiger partial charge in [-0.3, -0.25) is 4.31 Å². The second-order valence-corrected chi connectivity index (χ2v) is 7.76. The van der Waals surface area contributed by atoms with Gasteiger partial charge in [-0.15, -0.1) is 0 Å². The summed E-state index contributed by atoms with van der Waals surface area (Å²) < 4.78 is 27.5. The zero-order valence-corrected chi connectivity index (χ0v) is 15.0. The predicted molar refractivity (Wildman–Crippen MR) is 90.8 cm³/mol. The second-order valence-electron chi connectivity index (χ2n) is 4.20. The van der Waals surface area contributed by atoms with Crippen LogP contribution in [0.4, 0.5) is 5.69 Å². The first-order valence-electron chi connectivity index (χ1n) is 6.10. The van der Waals surface area contributed by atoms with E-state index in [2.05, 4.69) is 15.9 Å². The van der Waals surface area contributed by atoms with E-state index in [4.69, 9.17) is 23.2 Å². The van der Waals surface area contributed by atoms with E-state index < -0.39 is 10.0 Å². The van der Waals surface area contributed by atoms with E-state index in [1.165, 1.54) is 4.31 Å². The van der Waals surface area contributed by atoms with Crippen LogP contribution in [-0.2, 0) is 10.0 Å². The molecule has 112 valence electrons. The lowest BCUT2D eigenvalue weighted by atomic mass is 10.3. The fourth-order valence-corrected chi connectivity index (χ4v) is 4.09. The average molecular weight is 409 g/mol. The van der Waals surface area contributed by atoms with Gasteiger partial charge in [0.05, 0.1) is 20.6 Å². The molecule has 0 unspecified atom stereocenters. The number of hydrogen-bond acceptors (Lipinski definition) is 2. The van der Waals surface area contributed by atoms with Gasteiger partial charge >= 0.3 is 0 Å². The van der Waals surface area contributed by atoms with Crippen LogP contribution >= 0.6 is 39.1 Å². The molecule has 0 amide bonds. The van der Waals surface area contributed by atoms with Crippen LogP contribution in [0.2, 0.25) is 10.0 Å². The molecule has 2 rings (SSSR count). The zero-order chi connectivity index (χ0) is 15.6. The van der Waals surface area contributed by atoms with E-state index in [1.54, 1.807) is 49.4 Å². The van der Waals surface area contributed by atoms with Crippen molar-refractivity contribution in [3.8, 4) is 0 Å². The number of nitrogens with zero attached hydrogens (tertiary/aromatic N) is 1. The van der Waals surface area contributed by atoms with E-state index >= 15 is 0 Å². The minimum atomic E-state index is -3.69. The van der Waals surface area contributed by atoms with Gasteiger partial charge in [0.1, 0.15) is 0 Å². The molecule has 0 saturated carbocycles. The van der Waals surface area contributed by atoms with Crippen LogP contribution < -0.4 is 4.31 Å². The fourth-order valence-electron chi connectivity index (χ4n) is 1.89. The van der Waals surface area contributed by atoms with Crippen LogP contribution in [0.25, 0.3) is 0 Å². The molecule has 21 heavy (non-hydrogen) atoms. The average Bonchev–Trinajstić information content (AvgIpc) is 2.44. The van der Waals surface area contributed by atoms with E-state index in [0.717, 1.165) is 4.47 Å². The van der Waals surface area contributed by atoms with Crippen molar-refractivity contribution >= 4 is 54.8 Å². The summed E-state index contributed by atoms with van der Waals surface area (Å²) in [5, 5.41) is 0.542. The lowest BCUT2D eigenvalue weighted by Crippen LogP contribution is -2.31. The van der Waals surface area contributed by atoms with Crippen LogP contribution in [0, 0.1) is 0 Å². The van der Waals surface area contributed by atoms with Gasteiger partial charge in [-0.25, -0.2) is 8.42 Å². The zero-order valence-electron chi connectivity index (χ0n) is 11.1. The number of hydrogen-bond donors (Lipinski definition) is 0. The molecular formula is C14H12BrCl2NO2S. The van der Waals surface area contributed by atoms with Gasteiger partial charge in [-0.05, 0) is 43.3 Å². The van der Waals surface area contributed by atoms with Crippen LogP contribution in [0.5, 0.6) is 0 Å². The van der Waals surface area contributed by atoms with E-state index in [9.17, 15) is 8.42 Å². The highest BCUT2D eigenvalue weighted by atomic mass is 79.9. The summed E-state index contributed by atoms with van der Waals surface area (Å²) in [6.07, 6.45) is 0. The molecule has 0 bridgehead atoms. The molecule has 0 spiro atoms. The Labute approximate surface area is 142 Å². The topological polar surface area (TPSA) is 37.4 Å². The summed E-state index contributed by atoms with van der Waals surface area (Å²) in [5.74, 6) is 0. The van der Waals surface area contributed by atoms with Crippen molar-refractivity contribution in [2.75, 3.05) is 10.8 Å². The van der Waals surface area contributed by atoms with Crippen molar-refractivity contribution < 1.29 is 8.42 Å². The Morgan fingerprint density at radius 3 is 2.29 bits per heavy atom. The van der Waals surface area contributed by atoms with Gasteiger partial charge in [0.25, 0.3) is 10.0 Å². The number of halogens is 3. The molecule has 0 aromatic heterocycles. The summed E-state index contributed by atoms with van der Waals surface area (Å²) in [7, 11) is -3.69. The Morgan fingerprint density at radius 2 is 1.71 bits per heavy atom. The van der Waals surface area contributed by atoms with Gasteiger partial charge in [-0.2, -0.15) is 0 Å². The normalized spacial score (nSPS) is 11.4. The van der Waals surface area contributed by atoms with E-state index in [0.29, 0.717) is 10.7 Å². The van der Waals surface area contributed by atoms with Crippen molar-refractivity contribution in [1.29, 1.82) is 0 Å². The fraction of sp³-hybridized carbons (Fsp3) is 0.143. The number of sulfonamides is 1. The molecule has 0 fully saturated rings. The van der Waals surface area contributed by atoms with Crippen LogP contribution in [0.3, 0.4) is 0 Å². The molecular weight excluding hydrogens is 397 g/mol. The van der Waals surface area contributed by atoms with Crippen molar-refractivity contribution in [3.63, 3.8) is 0 Å². The quantitative estimate of drug-likeness (QED) is 0.715. The molecule has 0 heterocycles. The highest BCUT2D eigenvalue weighted by Gasteiger charge is 2.25. The molecule has 3 nitrogen and oxygen atoms in total. The Hall–Kier alpha value is -0.750. The minimum absolute atomic E-state index is 0.198. The highest BCUT2D eigenvalue weighted by molar-refractivity contribution is 9.10. The van der Waals surface area contributed by atoms with Gasteiger partial charge in [0.15, 0.2) is 0 Å².